The highest BCUT2D eigenvalue weighted by Gasteiger charge is 2.22. The van der Waals surface area contributed by atoms with Crippen molar-refractivity contribution < 1.29 is 14.0 Å². The molecule has 0 saturated heterocycles. The average molecular weight is 328 g/mol. The SMILES string of the molecule is Cc1sc(NC(=O)c2oc3ccccc3c2C)c(C(N)=O)c1C. The van der Waals surface area contributed by atoms with E-state index < -0.39 is 5.91 Å². The fraction of sp³-hybridized carbons (Fsp3) is 0.176. The van der Waals surface area contributed by atoms with Gasteiger partial charge in [0, 0.05) is 15.8 Å². The second kappa shape index (κ2) is 5.55. The summed E-state index contributed by atoms with van der Waals surface area (Å²) in [5.74, 6) is -0.698. The van der Waals surface area contributed by atoms with Crippen LogP contribution in [0.2, 0.25) is 0 Å². The molecule has 0 radical (unpaired) electrons. The van der Waals surface area contributed by atoms with Crippen LogP contribution < -0.4 is 11.1 Å². The molecule has 3 rings (SSSR count). The van der Waals surface area contributed by atoms with Gasteiger partial charge in [0.15, 0.2) is 5.76 Å². The van der Waals surface area contributed by atoms with E-state index in [9.17, 15) is 9.59 Å². The summed E-state index contributed by atoms with van der Waals surface area (Å²) < 4.78 is 5.65. The number of nitrogens with two attached hydrogens (primary N) is 1. The molecular formula is C17H16N2O3S. The number of fused-ring (bicyclic) bond motifs is 1. The molecule has 5 nitrogen and oxygen atoms in total. The number of hydrogen-bond donors (Lipinski definition) is 2. The van der Waals surface area contributed by atoms with Gasteiger partial charge in [-0.25, -0.2) is 0 Å². The Morgan fingerprint density at radius 3 is 2.48 bits per heavy atom. The molecule has 0 atom stereocenters. The molecular weight excluding hydrogens is 312 g/mol. The first-order chi connectivity index (χ1) is 10.9. The van der Waals surface area contributed by atoms with Crippen molar-refractivity contribution >= 4 is 39.1 Å². The summed E-state index contributed by atoms with van der Waals surface area (Å²) in [6.45, 7) is 5.53. The normalized spacial score (nSPS) is 10.9. The number of hydrogen-bond acceptors (Lipinski definition) is 4. The average Bonchev–Trinajstić information content (AvgIpc) is 2.98. The van der Waals surface area contributed by atoms with Crippen LogP contribution in [0.4, 0.5) is 5.00 Å². The first-order valence-corrected chi connectivity index (χ1v) is 7.91. The molecule has 118 valence electrons. The first-order valence-electron chi connectivity index (χ1n) is 7.09. The van der Waals surface area contributed by atoms with E-state index in [1.165, 1.54) is 11.3 Å². The number of benzene rings is 1. The lowest BCUT2D eigenvalue weighted by Crippen LogP contribution is -2.17. The molecule has 0 spiro atoms. The van der Waals surface area contributed by atoms with Gasteiger partial charge in [-0.1, -0.05) is 18.2 Å². The Morgan fingerprint density at radius 1 is 1.13 bits per heavy atom. The maximum Gasteiger partial charge on any atom is 0.292 e. The van der Waals surface area contributed by atoms with Crippen molar-refractivity contribution in [1.29, 1.82) is 0 Å². The van der Waals surface area contributed by atoms with E-state index in [0.717, 1.165) is 21.4 Å². The minimum Gasteiger partial charge on any atom is -0.451 e. The quantitative estimate of drug-likeness (QED) is 0.767. The molecule has 0 fully saturated rings. The lowest BCUT2D eigenvalue weighted by Gasteiger charge is -2.04. The van der Waals surface area contributed by atoms with Gasteiger partial charge in [-0.2, -0.15) is 0 Å². The Hall–Kier alpha value is -2.60. The van der Waals surface area contributed by atoms with Crippen LogP contribution in [0.1, 0.15) is 36.9 Å². The van der Waals surface area contributed by atoms with Gasteiger partial charge in [0.1, 0.15) is 10.6 Å². The largest absolute Gasteiger partial charge is 0.451 e. The van der Waals surface area contributed by atoms with Crippen molar-refractivity contribution in [1.82, 2.24) is 0 Å². The smallest absolute Gasteiger partial charge is 0.292 e. The lowest BCUT2D eigenvalue weighted by atomic mass is 10.1. The van der Waals surface area contributed by atoms with Crippen molar-refractivity contribution in [3.05, 3.63) is 51.6 Å². The lowest BCUT2D eigenvalue weighted by molar-refractivity contribution is 0.0998. The van der Waals surface area contributed by atoms with Gasteiger partial charge in [0.2, 0.25) is 0 Å². The molecule has 2 heterocycles. The Bertz CT molecular complexity index is 937. The van der Waals surface area contributed by atoms with E-state index in [2.05, 4.69) is 5.32 Å². The van der Waals surface area contributed by atoms with Crippen molar-refractivity contribution in [2.75, 3.05) is 5.32 Å². The predicted octanol–water partition coefficient (Wildman–Crippen LogP) is 3.77. The second-order valence-corrected chi connectivity index (χ2v) is 6.58. The van der Waals surface area contributed by atoms with Gasteiger partial charge in [0.05, 0.1) is 5.56 Å². The van der Waals surface area contributed by atoms with Gasteiger partial charge < -0.3 is 15.5 Å². The summed E-state index contributed by atoms with van der Waals surface area (Å²) in [6, 6.07) is 7.46. The number of primary amides is 1. The molecule has 0 saturated carbocycles. The first kappa shape index (κ1) is 15.3. The number of nitrogens with one attached hydrogen (secondary N) is 1. The molecule has 0 unspecified atom stereocenters. The van der Waals surface area contributed by atoms with E-state index in [4.69, 9.17) is 10.2 Å². The van der Waals surface area contributed by atoms with Crippen molar-refractivity contribution in [3.63, 3.8) is 0 Å². The molecule has 0 aliphatic rings. The summed E-state index contributed by atoms with van der Waals surface area (Å²) in [5, 5.41) is 4.11. The van der Waals surface area contributed by atoms with Gasteiger partial charge in [-0.05, 0) is 32.4 Å². The number of carbonyl (C=O) groups is 2. The van der Waals surface area contributed by atoms with Crippen molar-refractivity contribution in [2.45, 2.75) is 20.8 Å². The van der Waals surface area contributed by atoms with E-state index in [1.807, 2.05) is 45.0 Å². The van der Waals surface area contributed by atoms with Crippen LogP contribution in [0.25, 0.3) is 11.0 Å². The number of anilines is 1. The predicted molar refractivity (Wildman–Crippen MR) is 91.2 cm³/mol. The minimum atomic E-state index is -0.552. The van der Waals surface area contributed by atoms with Crippen LogP contribution in [0.15, 0.2) is 28.7 Å². The number of rotatable bonds is 3. The van der Waals surface area contributed by atoms with Crippen LogP contribution in [-0.4, -0.2) is 11.8 Å². The molecule has 3 aromatic rings. The Morgan fingerprint density at radius 2 is 1.83 bits per heavy atom. The second-order valence-electron chi connectivity index (χ2n) is 5.36. The van der Waals surface area contributed by atoms with Crippen LogP contribution in [-0.2, 0) is 0 Å². The third kappa shape index (κ3) is 2.51. The van der Waals surface area contributed by atoms with E-state index in [-0.39, 0.29) is 11.7 Å². The van der Waals surface area contributed by atoms with Gasteiger partial charge >= 0.3 is 0 Å². The van der Waals surface area contributed by atoms with Crippen molar-refractivity contribution in [2.24, 2.45) is 5.73 Å². The highest BCUT2D eigenvalue weighted by atomic mass is 32.1. The summed E-state index contributed by atoms with van der Waals surface area (Å²) in [4.78, 5) is 25.1. The molecule has 2 aromatic heterocycles. The number of thiophene rings is 1. The highest BCUT2D eigenvalue weighted by molar-refractivity contribution is 7.16. The zero-order valence-corrected chi connectivity index (χ0v) is 13.8. The van der Waals surface area contributed by atoms with Crippen molar-refractivity contribution in [3.8, 4) is 0 Å². The fourth-order valence-electron chi connectivity index (χ4n) is 2.56. The highest BCUT2D eigenvalue weighted by Crippen LogP contribution is 2.33. The molecule has 2 amide bonds. The third-order valence-electron chi connectivity index (χ3n) is 3.91. The summed E-state index contributed by atoms with van der Waals surface area (Å²) in [7, 11) is 0. The van der Waals surface area contributed by atoms with Crippen LogP contribution in [0, 0.1) is 20.8 Å². The number of amides is 2. The molecule has 0 aliphatic carbocycles. The molecule has 3 N–H and O–H groups in total. The van der Waals surface area contributed by atoms with E-state index in [1.54, 1.807) is 0 Å². The van der Waals surface area contributed by atoms with Crippen LogP contribution >= 0.6 is 11.3 Å². The van der Waals surface area contributed by atoms with Crippen LogP contribution in [0.3, 0.4) is 0 Å². The molecule has 0 aliphatic heterocycles. The summed E-state index contributed by atoms with van der Waals surface area (Å²) in [5.41, 5.74) is 8.00. The third-order valence-corrected chi connectivity index (χ3v) is 5.03. The Balaban J connectivity index is 2.00. The fourth-order valence-corrected chi connectivity index (χ4v) is 3.62. The minimum absolute atomic E-state index is 0.241. The van der Waals surface area contributed by atoms with Gasteiger partial charge in [-0.15, -0.1) is 11.3 Å². The summed E-state index contributed by atoms with van der Waals surface area (Å²) >= 11 is 1.33. The van der Waals surface area contributed by atoms with E-state index in [0.29, 0.717) is 16.1 Å². The van der Waals surface area contributed by atoms with E-state index >= 15 is 0 Å². The topological polar surface area (TPSA) is 85.3 Å². The van der Waals surface area contributed by atoms with Gasteiger partial charge in [-0.3, -0.25) is 9.59 Å². The monoisotopic (exact) mass is 328 g/mol. The maximum absolute atomic E-state index is 12.5. The molecule has 6 heteroatoms. The number of furan rings is 1. The molecule has 23 heavy (non-hydrogen) atoms. The van der Waals surface area contributed by atoms with Gasteiger partial charge in [0.25, 0.3) is 11.8 Å². The number of para-hydroxylation sites is 1. The zero-order chi connectivity index (χ0) is 16.7. The molecule has 1 aromatic carbocycles. The molecule has 0 bridgehead atoms. The Kier molecular flexibility index (Phi) is 3.69. The maximum atomic E-state index is 12.5. The Labute approximate surface area is 137 Å². The number of aryl methyl sites for hydroxylation is 2. The van der Waals surface area contributed by atoms with Crippen LogP contribution in [0.5, 0.6) is 0 Å². The standard InChI is InChI=1S/C17H16N2O3S/c1-8-10(3)23-17(13(8)15(18)20)19-16(21)14-9(2)11-6-4-5-7-12(11)22-14/h4-7H,1-3H3,(H2,18,20)(H,19,21). The summed E-state index contributed by atoms with van der Waals surface area (Å²) in [6.07, 6.45) is 0. The number of carbonyl (C=O) groups excluding carboxylic acids is 2. The zero-order valence-electron chi connectivity index (χ0n) is 13.0.